The fourth-order valence-electron chi connectivity index (χ4n) is 2.73. The average molecular weight is 305 g/mol. The molecule has 120 valence electrons. The van der Waals surface area contributed by atoms with E-state index in [1.54, 1.807) is 12.2 Å². The van der Waals surface area contributed by atoms with Crippen molar-refractivity contribution in [2.45, 2.75) is 40.0 Å². The van der Waals surface area contributed by atoms with Crippen molar-refractivity contribution in [2.24, 2.45) is 11.3 Å². The minimum Gasteiger partial charge on any atom is -0.447 e. The number of hydrogen-bond donors (Lipinski definition) is 0. The number of allylic oxidation sites excluding steroid dienone is 3. The molecule has 0 spiro atoms. The number of carbonyl (C=O) groups excluding carboxylic acids is 3. The van der Waals surface area contributed by atoms with Crippen molar-refractivity contribution in [3.05, 3.63) is 23.8 Å². The molecule has 1 saturated heterocycles. The van der Waals surface area contributed by atoms with Gasteiger partial charge in [0.15, 0.2) is 5.78 Å². The molecule has 0 radical (unpaired) electrons. The van der Waals surface area contributed by atoms with Crippen LogP contribution in [0.3, 0.4) is 0 Å². The number of nitrogens with zero attached hydrogens (tertiary/aromatic N) is 1. The van der Waals surface area contributed by atoms with Crippen molar-refractivity contribution in [2.75, 3.05) is 13.2 Å². The first kappa shape index (κ1) is 16.5. The van der Waals surface area contributed by atoms with Crippen LogP contribution in [0, 0.1) is 11.3 Å². The lowest BCUT2D eigenvalue weighted by molar-refractivity contribution is -0.123. The van der Waals surface area contributed by atoms with Gasteiger partial charge in [0.1, 0.15) is 6.61 Å². The molecule has 0 saturated carbocycles. The van der Waals surface area contributed by atoms with E-state index in [4.69, 9.17) is 4.74 Å². The standard InChI is InChI=1S/C17H23NO4/c1-12(13-10-14(19)17(2,3)11-13)6-4-5-7-15(20)18-8-9-22-16(18)21/h5,7,10,12H,4,6,8-9,11H2,1-3H3/b7-5+. The second kappa shape index (κ2) is 6.46. The predicted molar refractivity (Wildman–Crippen MR) is 82.1 cm³/mol. The highest BCUT2D eigenvalue weighted by Gasteiger charge is 2.34. The van der Waals surface area contributed by atoms with E-state index in [2.05, 4.69) is 6.92 Å². The van der Waals surface area contributed by atoms with E-state index in [0.29, 0.717) is 12.5 Å². The number of rotatable bonds is 5. The van der Waals surface area contributed by atoms with Gasteiger partial charge in [-0.25, -0.2) is 9.69 Å². The molecule has 1 aliphatic carbocycles. The Labute approximate surface area is 131 Å². The Morgan fingerprint density at radius 2 is 2.18 bits per heavy atom. The number of ether oxygens (including phenoxy) is 1. The Morgan fingerprint density at radius 3 is 2.73 bits per heavy atom. The first-order chi connectivity index (χ1) is 10.3. The molecule has 2 aliphatic rings. The van der Waals surface area contributed by atoms with Crippen LogP contribution in [0.1, 0.15) is 40.0 Å². The van der Waals surface area contributed by atoms with Gasteiger partial charge in [-0.05, 0) is 37.3 Å². The molecule has 0 aromatic carbocycles. The molecule has 0 aromatic heterocycles. The van der Waals surface area contributed by atoms with Gasteiger partial charge in [-0.3, -0.25) is 9.59 Å². The van der Waals surface area contributed by atoms with E-state index in [9.17, 15) is 14.4 Å². The molecule has 1 aliphatic heterocycles. The minimum absolute atomic E-state index is 0.201. The zero-order valence-corrected chi connectivity index (χ0v) is 13.4. The van der Waals surface area contributed by atoms with Crippen LogP contribution in [0.15, 0.2) is 23.8 Å². The summed E-state index contributed by atoms with van der Waals surface area (Å²) in [7, 11) is 0. The summed E-state index contributed by atoms with van der Waals surface area (Å²) < 4.78 is 4.72. The molecular weight excluding hydrogens is 282 g/mol. The van der Waals surface area contributed by atoms with Gasteiger partial charge in [0.2, 0.25) is 0 Å². The van der Waals surface area contributed by atoms with Gasteiger partial charge in [-0.2, -0.15) is 0 Å². The number of imide groups is 1. The van der Waals surface area contributed by atoms with Crippen LogP contribution >= 0.6 is 0 Å². The SMILES string of the molecule is CC(CC/C=C/C(=O)N1CCOC1=O)C1=CC(=O)C(C)(C)C1. The molecule has 2 amide bonds. The van der Waals surface area contributed by atoms with Crippen LogP contribution in [0.25, 0.3) is 0 Å². The lowest BCUT2D eigenvalue weighted by atomic mass is 9.85. The van der Waals surface area contributed by atoms with Crippen LogP contribution in [0.4, 0.5) is 4.79 Å². The molecular formula is C17H23NO4. The Hall–Kier alpha value is -1.91. The Bertz CT molecular complexity index is 545. The van der Waals surface area contributed by atoms with Crippen molar-refractivity contribution in [1.82, 2.24) is 4.90 Å². The molecule has 1 atom stereocenters. The molecule has 22 heavy (non-hydrogen) atoms. The Kier molecular flexibility index (Phi) is 4.84. The van der Waals surface area contributed by atoms with Gasteiger partial charge < -0.3 is 4.74 Å². The Balaban J connectivity index is 1.78. The van der Waals surface area contributed by atoms with E-state index >= 15 is 0 Å². The molecule has 5 heteroatoms. The molecule has 0 N–H and O–H groups in total. The van der Waals surface area contributed by atoms with E-state index < -0.39 is 6.09 Å². The molecule has 0 bridgehead atoms. The van der Waals surface area contributed by atoms with Gasteiger partial charge in [0.05, 0.1) is 6.54 Å². The maximum atomic E-state index is 11.8. The van der Waals surface area contributed by atoms with E-state index in [1.807, 2.05) is 13.8 Å². The first-order valence-corrected chi connectivity index (χ1v) is 7.71. The average Bonchev–Trinajstić information content (AvgIpc) is 2.98. The zero-order valence-electron chi connectivity index (χ0n) is 13.4. The number of amides is 2. The topological polar surface area (TPSA) is 63.7 Å². The lowest BCUT2D eigenvalue weighted by Gasteiger charge is -2.18. The summed E-state index contributed by atoms with van der Waals surface area (Å²) in [5.41, 5.74) is 0.920. The van der Waals surface area contributed by atoms with Crippen molar-refractivity contribution in [3.8, 4) is 0 Å². The van der Waals surface area contributed by atoms with Gasteiger partial charge >= 0.3 is 6.09 Å². The van der Waals surface area contributed by atoms with Gasteiger partial charge in [0.25, 0.3) is 5.91 Å². The van der Waals surface area contributed by atoms with E-state index in [1.165, 1.54) is 11.6 Å². The number of ketones is 1. The Morgan fingerprint density at radius 1 is 1.45 bits per heavy atom. The molecule has 5 nitrogen and oxygen atoms in total. The smallest absolute Gasteiger partial charge is 0.416 e. The second-order valence-corrected chi connectivity index (χ2v) is 6.63. The summed E-state index contributed by atoms with van der Waals surface area (Å²) in [6, 6.07) is 0. The largest absolute Gasteiger partial charge is 0.447 e. The predicted octanol–water partition coefficient (Wildman–Crippen LogP) is 2.86. The fourth-order valence-corrected chi connectivity index (χ4v) is 2.73. The number of carbonyl (C=O) groups is 3. The minimum atomic E-state index is -0.570. The third kappa shape index (κ3) is 3.64. The second-order valence-electron chi connectivity index (χ2n) is 6.63. The summed E-state index contributed by atoms with van der Waals surface area (Å²) in [4.78, 5) is 35.9. The van der Waals surface area contributed by atoms with Crippen LogP contribution in [0.2, 0.25) is 0 Å². The summed E-state index contributed by atoms with van der Waals surface area (Å²) >= 11 is 0. The molecule has 1 fully saturated rings. The maximum absolute atomic E-state index is 11.8. The van der Waals surface area contributed by atoms with Crippen molar-refractivity contribution < 1.29 is 19.1 Å². The third-order valence-electron chi connectivity index (χ3n) is 4.32. The van der Waals surface area contributed by atoms with Crippen LogP contribution in [-0.2, 0) is 14.3 Å². The highest BCUT2D eigenvalue weighted by atomic mass is 16.6. The zero-order chi connectivity index (χ0) is 16.3. The van der Waals surface area contributed by atoms with Crippen LogP contribution in [-0.4, -0.2) is 35.8 Å². The van der Waals surface area contributed by atoms with Gasteiger partial charge in [0, 0.05) is 5.41 Å². The van der Waals surface area contributed by atoms with Crippen molar-refractivity contribution >= 4 is 17.8 Å². The van der Waals surface area contributed by atoms with E-state index in [-0.39, 0.29) is 23.7 Å². The summed E-state index contributed by atoms with van der Waals surface area (Å²) in [5, 5.41) is 0. The maximum Gasteiger partial charge on any atom is 0.416 e. The van der Waals surface area contributed by atoms with Crippen molar-refractivity contribution in [1.29, 1.82) is 0 Å². The van der Waals surface area contributed by atoms with Gasteiger partial charge in [-0.15, -0.1) is 0 Å². The molecule has 1 heterocycles. The molecule has 1 unspecified atom stereocenters. The lowest BCUT2D eigenvalue weighted by Crippen LogP contribution is -2.29. The highest BCUT2D eigenvalue weighted by Crippen LogP contribution is 2.38. The molecule has 0 aromatic rings. The van der Waals surface area contributed by atoms with Crippen LogP contribution < -0.4 is 0 Å². The molecule has 2 rings (SSSR count). The quantitative estimate of drug-likeness (QED) is 0.733. The van der Waals surface area contributed by atoms with Crippen LogP contribution in [0.5, 0.6) is 0 Å². The van der Waals surface area contributed by atoms with Gasteiger partial charge in [-0.1, -0.05) is 32.4 Å². The number of hydrogen-bond acceptors (Lipinski definition) is 4. The summed E-state index contributed by atoms with van der Waals surface area (Å²) in [5.74, 6) is 0.196. The normalized spacial score (nSPS) is 22.1. The third-order valence-corrected chi connectivity index (χ3v) is 4.32. The summed E-state index contributed by atoms with van der Waals surface area (Å²) in [6.07, 6.45) is 6.85. The highest BCUT2D eigenvalue weighted by molar-refractivity contribution is 5.99. The summed E-state index contributed by atoms with van der Waals surface area (Å²) in [6.45, 7) is 6.64. The van der Waals surface area contributed by atoms with E-state index in [0.717, 1.165) is 24.2 Å². The van der Waals surface area contributed by atoms with Crippen molar-refractivity contribution in [3.63, 3.8) is 0 Å². The number of cyclic esters (lactones) is 1. The monoisotopic (exact) mass is 305 g/mol. The fraction of sp³-hybridized carbons (Fsp3) is 0.588. The first-order valence-electron chi connectivity index (χ1n) is 7.71.